The molecule has 0 fully saturated rings. The SMILES string of the molecule is CC(C)(C)C(=O)C=C(O)CC[P+](=O)Cc1cccc(-c2[c-]cccc2)n1.[Ir]. The second-order valence-corrected chi connectivity index (χ2v) is 8.88. The van der Waals surface area contributed by atoms with Crippen molar-refractivity contribution in [2.75, 3.05) is 6.16 Å². The van der Waals surface area contributed by atoms with E-state index in [4.69, 9.17) is 0 Å². The summed E-state index contributed by atoms with van der Waals surface area (Å²) < 4.78 is 12.3. The molecule has 145 valence electrons. The van der Waals surface area contributed by atoms with Gasteiger partial charge in [0.2, 0.25) is 0 Å². The van der Waals surface area contributed by atoms with Crippen molar-refractivity contribution in [2.24, 2.45) is 5.41 Å². The van der Waals surface area contributed by atoms with Crippen molar-refractivity contribution in [1.29, 1.82) is 0 Å². The summed E-state index contributed by atoms with van der Waals surface area (Å²) in [5, 5.41) is 9.88. The van der Waals surface area contributed by atoms with E-state index in [1.807, 2.05) is 42.5 Å². The van der Waals surface area contributed by atoms with Gasteiger partial charge in [-0.3, -0.25) is 9.78 Å². The molecule has 0 amide bonds. The van der Waals surface area contributed by atoms with E-state index in [0.717, 1.165) is 17.0 Å². The van der Waals surface area contributed by atoms with Crippen molar-refractivity contribution in [1.82, 2.24) is 4.98 Å². The zero-order chi connectivity index (χ0) is 19.2. The summed E-state index contributed by atoms with van der Waals surface area (Å²) in [6.45, 7) is 5.38. The molecule has 2 aromatic rings. The van der Waals surface area contributed by atoms with Crippen LogP contribution in [0, 0.1) is 11.5 Å². The number of carbonyl (C=O) groups is 1. The molecule has 1 aromatic heterocycles. The van der Waals surface area contributed by atoms with Crippen LogP contribution in [-0.2, 0) is 35.6 Å². The molecule has 6 heteroatoms. The molecule has 0 saturated carbocycles. The van der Waals surface area contributed by atoms with Crippen molar-refractivity contribution >= 4 is 13.6 Å². The van der Waals surface area contributed by atoms with Crippen LogP contribution in [0.1, 0.15) is 32.9 Å². The van der Waals surface area contributed by atoms with Crippen LogP contribution >= 0.6 is 7.80 Å². The summed E-state index contributed by atoms with van der Waals surface area (Å²) in [4.78, 5) is 16.4. The first-order valence-electron chi connectivity index (χ1n) is 8.55. The molecule has 0 aliphatic rings. The van der Waals surface area contributed by atoms with Crippen molar-refractivity contribution < 1.29 is 34.6 Å². The van der Waals surface area contributed by atoms with E-state index in [9.17, 15) is 14.5 Å². The molecule has 2 rings (SSSR count). The first-order valence-corrected chi connectivity index (χ1v) is 10.2. The second kappa shape index (κ2) is 10.6. The zero-order valence-electron chi connectivity index (χ0n) is 15.7. The molecular weight excluding hydrogens is 537 g/mol. The Bertz CT molecular complexity index is 814. The van der Waals surface area contributed by atoms with Gasteiger partial charge in [-0.1, -0.05) is 37.5 Å². The van der Waals surface area contributed by atoms with Crippen LogP contribution in [0.2, 0.25) is 0 Å². The van der Waals surface area contributed by atoms with Gasteiger partial charge in [-0.25, -0.2) is 0 Å². The average Bonchev–Trinajstić information content (AvgIpc) is 2.60. The summed E-state index contributed by atoms with van der Waals surface area (Å²) in [5.74, 6) is -0.160. The van der Waals surface area contributed by atoms with Gasteiger partial charge in [-0.2, -0.15) is 0 Å². The summed E-state index contributed by atoms with van der Waals surface area (Å²) >= 11 is 0. The maximum Gasteiger partial charge on any atom is 0.345 e. The number of hydrogen-bond acceptors (Lipinski definition) is 4. The molecule has 0 aliphatic heterocycles. The quantitative estimate of drug-likeness (QED) is 0.215. The molecule has 1 unspecified atom stereocenters. The van der Waals surface area contributed by atoms with Gasteiger partial charge in [-0.15, -0.1) is 35.9 Å². The number of aliphatic hydroxyl groups excluding tert-OH is 1. The minimum Gasteiger partial charge on any atom is -0.512 e. The maximum absolute atomic E-state index is 12.3. The van der Waals surface area contributed by atoms with Gasteiger partial charge in [0.15, 0.2) is 18.1 Å². The molecule has 1 radical (unpaired) electrons. The van der Waals surface area contributed by atoms with Gasteiger partial charge >= 0.3 is 7.80 Å². The number of carbonyl (C=O) groups excluding carboxylic acids is 1. The fourth-order valence-electron chi connectivity index (χ4n) is 2.21. The smallest absolute Gasteiger partial charge is 0.345 e. The molecular formula is C21H24IrNO3P. The molecule has 0 saturated heterocycles. The van der Waals surface area contributed by atoms with Gasteiger partial charge in [0.05, 0.1) is 5.69 Å². The van der Waals surface area contributed by atoms with E-state index < -0.39 is 13.2 Å². The summed E-state index contributed by atoms with van der Waals surface area (Å²) in [6.07, 6.45) is 2.13. The Morgan fingerprint density at radius 2 is 1.96 bits per heavy atom. The van der Waals surface area contributed by atoms with Crippen molar-refractivity contribution in [3.05, 3.63) is 66.1 Å². The third-order valence-corrected chi connectivity index (χ3v) is 5.18. The normalized spacial score (nSPS) is 12.3. The predicted molar refractivity (Wildman–Crippen MR) is 104 cm³/mol. The summed E-state index contributed by atoms with van der Waals surface area (Å²) in [5.41, 5.74) is 1.90. The Hall–Kier alpha value is -1.67. The molecule has 1 aromatic carbocycles. The predicted octanol–water partition coefficient (Wildman–Crippen LogP) is 5.32. The molecule has 0 spiro atoms. The number of nitrogens with zero attached hydrogens (tertiary/aromatic N) is 1. The Balaban J connectivity index is 0.00000364. The fraction of sp³-hybridized carbons (Fsp3) is 0.333. The molecule has 1 N–H and O–H groups in total. The van der Waals surface area contributed by atoms with Crippen LogP contribution in [0.25, 0.3) is 11.3 Å². The first kappa shape index (κ1) is 23.4. The molecule has 27 heavy (non-hydrogen) atoms. The van der Waals surface area contributed by atoms with E-state index in [1.54, 1.807) is 20.8 Å². The number of allylic oxidation sites excluding steroid dienone is 2. The minimum absolute atomic E-state index is 0. The number of hydrogen-bond donors (Lipinski definition) is 1. The standard InChI is InChI=1S/C21H24NO3P.Ir/c1-21(2,3)20(24)14-18(23)12-13-26(25)15-17-10-7-11-19(22-17)16-8-5-4-6-9-16;/h4-8,10-11,14,23H,12-13,15H2,1-3H3;. The maximum atomic E-state index is 12.3. The minimum atomic E-state index is -1.56. The molecule has 4 nitrogen and oxygen atoms in total. The topological polar surface area (TPSA) is 67.3 Å². The van der Waals surface area contributed by atoms with Crippen LogP contribution in [0.5, 0.6) is 0 Å². The average molecular weight is 562 g/mol. The van der Waals surface area contributed by atoms with Crippen LogP contribution in [0.15, 0.2) is 54.3 Å². The Morgan fingerprint density at radius 1 is 1.22 bits per heavy atom. The Labute approximate surface area is 175 Å². The zero-order valence-corrected chi connectivity index (χ0v) is 19.0. The monoisotopic (exact) mass is 562 g/mol. The summed E-state index contributed by atoms with van der Waals surface area (Å²) in [7, 11) is -1.56. The van der Waals surface area contributed by atoms with E-state index >= 15 is 0 Å². The van der Waals surface area contributed by atoms with E-state index in [2.05, 4.69) is 11.1 Å². The number of aliphatic hydroxyl groups is 1. The third kappa shape index (κ3) is 7.84. The third-order valence-electron chi connectivity index (χ3n) is 3.78. The van der Waals surface area contributed by atoms with Crippen molar-refractivity contribution in [3.8, 4) is 11.3 Å². The van der Waals surface area contributed by atoms with Gasteiger partial charge in [0.25, 0.3) is 0 Å². The molecule has 0 bridgehead atoms. The first-order chi connectivity index (χ1) is 12.3. The summed E-state index contributed by atoms with van der Waals surface area (Å²) in [6, 6.07) is 16.3. The van der Waals surface area contributed by atoms with Gasteiger partial charge < -0.3 is 5.11 Å². The van der Waals surface area contributed by atoms with E-state index in [1.165, 1.54) is 6.08 Å². The fourth-order valence-corrected chi connectivity index (χ4v) is 3.38. The van der Waals surface area contributed by atoms with Crippen LogP contribution in [-0.4, -0.2) is 22.0 Å². The van der Waals surface area contributed by atoms with Crippen LogP contribution in [0.4, 0.5) is 0 Å². The van der Waals surface area contributed by atoms with Crippen molar-refractivity contribution in [2.45, 2.75) is 33.4 Å². The molecule has 1 atom stereocenters. The largest absolute Gasteiger partial charge is 0.512 e. The number of ketones is 1. The second-order valence-electron chi connectivity index (χ2n) is 7.15. The Morgan fingerprint density at radius 3 is 2.59 bits per heavy atom. The number of rotatable bonds is 7. The molecule has 1 heterocycles. The van der Waals surface area contributed by atoms with Gasteiger partial charge in [0.1, 0.15) is 5.76 Å². The number of benzene rings is 1. The van der Waals surface area contributed by atoms with Gasteiger partial charge in [-0.05, 0) is 11.8 Å². The Kier molecular flexibility index (Phi) is 9.18. The van der Waals surface area contributed by atoms with E-state index in [-0.39, 0.29) is 38.1 Å². The van der Waals surface area contributed by atoms with E-state index in [0.29, 0.717) is 12.3 Å². The van der Waals surface area contributed by atoms with Crippen LogP contribution in [0.3, 0.4) is 0 Å². The number of aromatic nitrogens is 1. The van der Waals surface area contributed by atoms with Crippen LogP contribution < -0.4 is 0 Å². The van der Waals surface area contributed by atoms with Crippen molar-refractivity contribution in [3.63, 3.8) is 0 Å². The molecule has 0 aliphatic carbocycles. The number of pyridine rings is 1. The van der Waals surface area contributed by atoms with Gasteiger partial charge in [0, 0.05) is 38.0 Å².